The van der Waals surface area contributed by atoms with Crippen molar-refractivity contribution in [1.82, 2.24) is 4.57 Å². The fourth-order valence-corrected chi connectivity index (χ4v) is 4.78. The molecule has 1 atom stereocenters. The van der Waals surface area contributed by atoms with E-state index >= 15 is 0 Å². The van der Waals surface area contributed by atoms with Gasteiger partial charge in [-0.05, 0) is 55.3 Å². The number of ether oxygens (including phenoxy) is 2. The molecule has 1 aromatic heterocycles. The summed E-state index contributed by atoms with van der Waals surface area (Å²) in [5.74, 6) is 0.249. The number of allylic oxidation sites excluding steroid dienone is 1. The van der Waals surface area contributed by atoms with E-state index in [1.54, 1.807) is 37.7 Å². The normalized spacial score (nSPS) is 15.9. The minimum atomic E-state index is -0.652. The molecular formula is C24H21ClN2O4S. The van der Waals surface area contributed by atoms with Crippen LogP contribution in [0.5, 0.6) is 5.75 Å². The summed E-state index contributed by atoms with van der Waals surface area (Å²) >= 11 is 7.36. The van der Waals surface area contributed by atoms with Gasteiger partial charge in [0.1, 0.15) is 5.75 Å². The first kappa shape index (κ1) is 22.0. The van der Waals surface area contributed by atoms with Crippen molar-refractivity contribution in [3.05, 3.63) is 95.6 Å². The van der Waals surface area contributed by atoms with Crippen molar-refractivity contribution >= 4 is 35.0 Å². The molecule has 3 aromatic rings. The third-order valence-electron chi connectivity index (χ3n) is 5.12. The summed E-state index contributed by atoms with van der Waals surface area (Å²) in [5, 5.41) is 0.569. The van der Waals surface area contributed by atoms with Gasteiger partial charge in [-0.25, -0.2) is 9.79 Å². The predicted molar refractivity (Wildman–Crippen MR) is 125 cm³/mol. The van der Waals surface area contributed by atoms with Crippen LogP contribution in [0, 0.1) is 0 Å². The lowest BCUT2D eigenvalue weighted by molar-refractivity contribution is -0.139. The lowest BCUT2D eigenvalue weighted by atomic mass is 9.96. The third kappa shape index (κ3) is 4.13. The number of fused-ring (bicyclic) bond motifs is 1. The topological polar surface area (TPSA) is 69.9 Å². The Hall–Kier alpha value is -3.16. The number of thiazole rings is 1. The Morgan fingerprint density at radius 2 is 1.88 bits per heavy atom. The Morgan fingerprint density at radius 1 is 1.19 bits per heavy atom. The van der Waals surface area contributed by atoms with Gasteiger partial charge >= 0.3 is 5.97 Å². The van der Waals surface area contributed by atoms with Crippen molar-refractivity contribution in [1.29, 1.82) is 0 Å². The Balaban J connectivity index is 1.92. The molecule has 0 unspecified atom stereocenters. The molecule has 0 radical (unpaired) electrons. The second-order valence-electron chi connectivity index (χ2n) is 7.13. The highest BCUT2D eigenvalue weighted by Crippen LogP contribution is 2.31. The summed E-state index contributed by atoms with van der Waals surface area (Å²) < 4.78 is 12.6. The summed E-state index contributed by atoms with van der Waals surface area (Å²) in [5.41, 5.74) is 2.27. The molecule has 0 fully saturated rings. The minimum Gasteiger partial charge on any atom is -0.497 e. The number of rotatable bonds is 5. The number of carbonyl (C=O) groups excluding carboxylic acids is 1. The van der Waals surface area contributed by atoms with Crippen LogP contribution in [0.1, 0.15) is 31.0 Å². The van der Waals surface area contributed by atoms with Crippen LogP contribution in [-0.2, 0) is 9.53 Å². The second-order valence-corrected chi connectivity index (χ2v) is 8.57. The van der Waals surface area contributed by atoms with Crippen LogP contribution in [0.25, 0.3) is 6.08 Å². The SMILES string of the molecule is CCOC(=O)C1=C(C)N=c2sc(=Cc3ccc(OC)cc3)c(=O)n2[C@H]1c1ccc(Cl)cc1. The number of hydrogen-bond donors (Lipinski definition) is 0. The average molecular weight is 469 g/mol. The molecule has 6 nitrogen and oxygen atoms in total. The maximum Gasteiger partial charge on any atom is 0.338 e. The smallest absolute Gasteiger partial charge is 0.338 e. The number of aromatic nitrogens is 1. The van der Waals surface area contributed by atoms with Gasteiger partial charge in [0.2, 0.25) is 0 Å². The first-order valence-corrected chi connectivity index (χ1v) is 11.2. The maximum absolute atomic E-state index is 13.5. The van der Waals surface area contributed by atoms with Gasteiger partial charge in [-0.3, -0.25) is 9.36 Å². The lowest BCUT2D eigenvalue weighted by Crippen LogP contribution is -2.39. The van der Waals surface area contributed by atoms with E-state index in [9.17, 15) is 9.59 Å². The number of halogens is 1. The molecule has 0 bridgehead atoms. The molecule has 0 saturated carbocycles. The lowest BCUT2D eigenvalue weighted by Gasteiger charge is -2.24. The monoisotopic (exact) mass is 468 g/mol. The quantitative estimate of drug-likeness (QED) is 0.538. The Bertz CT molecular complexity index is 1370. The fraction of sp³-hybridized carbons (Fsp3) is 0.208. The number of hydrogen-bond acceptors (Lipinski definition) is 6. The number of nitrogens with zero attached hydrogens (tertiary/aromatic N) is 2. The van der Waals surface area contributed by atoms with E-state index in [2.05, 4.69) is 4.99 Å². The van der Waals surface area contributed by atoms with Crippen LogP contribution in [0.15, 0.2) is 69.6 Å². The molecule has 0 amide bonds. The molecule has 1 aliphatic rings. The maximum atomic E-state index is 13.5. The molecule has 0 aliphatic carbocycles. The predicted octanol–water partition coefficient (Wildman–Crippen LogP) is 3.46. The van der Waals surface area contributed by atoms with Crippen molar-refractivity contribution in [2.45, 2.75) is 19.9 Å². The molecule has 2 aromatic carbocycles. The van der Waals surface area contributed by atoms with Gasteiger partial charge < -0.3 is 9.47 Å². The van der Waals surface area contributed by atoms with Gasteiger partial charge in [0, 0.05) is 5.02 Å². The van der Waals surface area contributed by atoms with Crippen molar-refractivity contribution in [3.63, 3.8) is 0 Å². The zero-order valence-electron chi connectivity index (χ0n) is 17.8. The van der Waals surface area contributed by atoms with Gasteiger partial charge in [-0.1, -0.05) is 47.2 Å². The van der Waals surface area contributed by atoms with Gasteiger partial charge in [0.15, 0.2) is 4.80 Å². The zero-order chi connectivity index (χ0) is 22.8. The second kappa shape index (κ2) is 9.14. The fourth-order valence-electron chi connectivity index (χ4n) is 3.60. The first-order chi connectivity index (χ1) is 15.4. The van der Waals surface area contributed by atoms with Crippen LogP contribution in [0.2, 0.25) is 5.02 Å². The molecule has 1 aliphatic heterocycles. The molecule has 164 valence electrons. The largest absolute Gasteiger partial charge is 0.497 e. The molecule has 4 rings (SSSR count). The van der Waals surface area contributed by atoms with E-state index in [1.807, 2.05) is 42.5 Å². The van der Waals surface area contributed by atoms with Gasteiger partial charge in [0.25, 0.3) is 5.56 Å². The molecule has 2 heterocycles. The van der Waals surface area contributed by atoms with Crippen LogP contribution >= 0.6 is 22.9 Å². The zero-order valence-corrected chi connectivity index (χ0v) is 19.4. The summed E-state index contributed by atoms with van der Waals surface area (Å²) in [4.78, 5) is 31.4. The molecule has 8 heteroatoms. The first-order valence-electron chi connectivity index (χ1n) is 10.0. The summed E-state index contributed by atoms with van der Waals surface area (Å²) in [7, 11) is 1.60. The summed E-state index contributed by atoms with van der Waals surface area (Å²) in [6.07, 6.45) is 1.81. The molecule has 32 heavy (non-hydrogen) atoms. The summed E-state index contributed by atoms with van der Waals surface area (Å²) in [6.45, 7) is 3.73. The summed E-state index contributed by atoms with van der Waals surface area (Å²) in [6, 6.07) is 13.9. The van der Waals surface area contributed by atoms with E-state index in [4.69, 9.17) is 21.1 Å². The van der Waals surface area contributed by atoms with Crippen molar-refractivity contribution in [2.75, 3.05) is 13.7 Å². The number of benzene rings is 2. The highest BCUT2D eigenvalue weighted by Gasteiger charge is 2.33. The van der Waals surface area contributed by atoms with E-state index in [0.29, 0.717) is 25.6 Å². The van der Waals surface area contributed by atoms with Crippen molar-refractivity contribution in [3.8, 4) is 5.75 Å². The highest BCUT2D eigenvalue weighted by molar-refractivity contribution is 7.07. The number of carbonyl (C=O) groups is 1. The van der Waals surface area contributed by atoms with Gasteiger partial charge in [-0.2, -0.15) is 0 Å². The van der Waals surface area contributed by atoms with Crippen molar-refractivity contribution < 1.29 is 14.3 Å². The molecule has 0 N–H and O–H groups in total. The Kier molecular flexibility index (Phi) is 6.30. The Morgan fingerprint density at radius 3 is 2.50 bits per heavy atom. The molecule has 0 saturated heterocycles. The van der Waals surface area contributed by atoms with E-state index < -0.39 is 12.0 Å². The van der Waals surface area contributed by atoms with E-state index in [0.717, 1.165) is 16.9 Å². The van der Waals surface area contributed by atoms with Crippen LogP contribution in [0.4, 0.5) is 0 Å². The van der Waals surface area contributed by atoms with Gasteiger partial charge in [0.05, 0.1) is 35.6 Å². The minimum absolute atomic E-state index is 0.223. The van der Waals surface area contributed by atoms with Crippen molar-refractivity contribution in [2.24, 2.45) is 4.99 Å². The number of methoxy groups -OCH3 is 1. The average Bonchev–Trinajstić information content (AvgIpc) is 3.08. The van der Waals surface area contributed by atoms with E-state index in [1.165, 1.54) is 11.3 Å². The van der Waals surface area contributed by atoms with Crippen LogP contribution in [0.3, 0.4) is 0 Å². The van der Waals surface area contributed by atoms with Gasteiger partial charge in [-0.15, -0.1) is 0 Å². The third-order valence-corrected chi connectivity index (χ3v) is 6.35. The van der Waals surface area contributed by atoms with Crippen LogP contribution < -0.4 is 19.6 Å². The standard InChI is InChI=1S/C24H21ClN2O4S/c1-4-31-23(29)20-14(2)26-24-27(21(20)16-7-9-17(25)10-8-16)22(28)19(32-24)13-15-5-11-18(30-3)12-6-15/h5-13,21H,4H2,1-3H3/t21-/m0/s1. The Labute approximate surface area is 193 Å². The van der Waals surface area contributed by atoms with E-state index in [-0.39, 0.29) is 12.2 Å². The van der Waals surface area contributed by atoms with Crippen LogP contribution in [-0.4, -0.2) is 24.3 Å². The molecule has 0 spiro atoms. The number of esters is 1. The highest BCUT2D eigenvalue weighted by atomic mass is 35.5. The molecular weight excluding hydrogens is 448 g/mol.